The van der Waals surface area contributed by atoms with Crippen LogP contribution >= 0.6 is 0 Å². The Morgan fingerprint density at radius 2 is 0.933 bits per heavy atom. The largest absolute Gasteiger partial charge is 0.394 e. The van der Waals surface area contributed by atoms with E-state index < -0.39 is 68.6 Å². The van der Waals surface area contributed by atoms with E-state index in [0.717, 1.165) is 0 Å². The van der Waals surface area contributed by atoms with Crippen LogP contribution < -0.4 is 0 Å². The van der Waals surface area contributed by atoms with Crippen molar-refractivity contribution in [3.8, 4) is 0 Å². The van der Waals surface area contributed by atoms with E-state index in [9.17, 15) is 52.7 Å². The summed E-state index contributed by atoms with van der Waals surface area (Å²) in [5.41, 5.74) is 0. The monoisotopic (exact) mass is 476 g/mol. The van der Waals surface area contributed by atoms with E-state index in [-0.39, 0.29) is 6.42 Å². The minimum absolute atomic E-state index is 0.0167. The SMILES string of the molecule is CCCCCOCC(F)(F)C(F)(F)C(F)(F)C(F)(F)C(F)(F)C(F)(F)COCCO. The molecule has 0 aliphatic rings. The van der Waals surface area contributed by atoms with Crippen LogP contribution in [0.2, 0.25) is 0 Å². The zero-order valence-corrected chi connectivity index (χ0v) is 15.5. The molecule has 0 saturated carbocycles. The summed E-state index contributed by atoms with van der Waals surface area (Å²) in [5.74, 6) is -42.0. The Morgan fingerprint density at radius 3 is 1.27 bits per heavy atom. The molecule has 30 heavy (non-hydrogen) atoms. The summed E-state index contributed by atoms with van der Waals surface area (Å²) in [6.07, 6.45) is 0.893. The number of unbranched alkanes of at least 4 members (excludes halogenated alkanes) is 2. The average molecular weight is 476 g/mol. The van der Waals surface area contributed by atoms with Gasteiger partial charge in [-0.3, -0.25) is 0 Å². The predicted molar refractivity (Wildman–Crippen MR) is 77.9 cm³/mol. The van der Waals surface area contributed by atoms with Crippen LogP contribution in [0.15, 0.2) is 0 Å². The van der Waals surface area contributed by atoms with Crippen molar-refractivity contribution in [2.75, 3.05) is 33.0 Å². The van der Waals surface area contributed by atoms with Crippen LogP contribution in [0.1, 0.15) is 26.2 Å². The molecular formula is C15H20F12O3. The molecular weight excluding hydrogens is 456 g/mol. The van der Waals surface area contributed by atoms with Crippen LogP contribution in [0, 0.1) is 0 Å². The average Bonchev–Trinajstić information content (AvgIpc) is 2.60. The molecule has 0 aromatic rings. The molecule has 0 unspecified atom stereocenters. The Kier molecular flexibility index (Phi) is 9.78. The normalized spacial score (nSPS) is 15.0. The van der Waals surface area contributed by atoms with Crippen LogP contribution in [-0.2, 0) is 9.47 Å². The number of aliphatic hydroxyl groups is 1. The molecule has 15 heteroatoms. The summed E-state index contributed by atoms with van der Waals surface area (Å²) in [6.45, 7) is -6.41. The molecule has 3 nitrogen and oxygen atoms in total. The highest BCUT2D eigenvalue weighted by Gasteiger charge is 2.90. The number of hydrogen-bond acceptors (Lipinski definition) is 3. The van der Waals surface area contributed by atoms with Gasteiger partial charge in [-0.2, -0.15) is 52.7 Å². The molecule has 182 valence electrons. The van der Waals surface area contributed by atoms with Gasteiger partial charge in [0.05, 0.1) is 13.2 Å². The number of rotatable bonds is 15. The molecule has 0 rings (SSSR count). The van der Waals surface area contributed by atoms with Gasteiger partial charge in [0.2, 0.25) is 0 Å². The smallest absolute Gasteiger partial charge is 0.384 e. The first kappa shape index (κ1) is 29.0. The van der Waals surface area contributed by atoms with Crippen LogP contribution in [0.5, 0.6) is 0 Å². The van der Waals surface area contributed by atoms with Gasteiger partial charge in [-0.15, -0.1) is 0 Å². The molecule has 0 saturated heterocycles. The van der Waals surface area contributed by atoms with Crippen LogP contribution in [0.25, 0.3) is 0 Å². The number of alkyl halides is 12. The second-order valence-electron chi connectivity index (χ2n) is 6.24. The third-order valence-corrected chi connectivity index (χ3v) is 3.80. The first-order chi connectivity index (χ1) is 13.4. The maximum Gasteiger partial charge on any atom is 0.384 e. The fraction of sp³-hybridized carbons (Fsp3) is 1.00. The molecule has 0 aromatic carbocycles. The molecule has 0 heterocycles. The summed E-state index contributed by atoms with van der Waals surface area (Å²) in [4.78, 5) is 0. The van der Waals surface area contributed by atoms with E-state index >= 15 is 0 Å². The molecule has 0 aliphatic heterocycles. The number of aliphatic hydroxyl groups excluding tert-OH is 1. The van der Waals surface area contributed by atoms with Gasteiger partial charge < -0.3 is 14.6 Å². The summed E-state index contributed by atoms with van der Waals surface area (Å²) in [6, 6.07) is 0. The molecule has 0 bridgehead atoms. The van der Waals surface area contributed by atoms with Gasteiger partial charge in [-0.05, 0) is 6.42 Å². The van der Waals surface area contributed by atoms with E-state index in [0.29, 0.717) is 12.8 Å². The van der Waals surface area contributed by atoms with Crippen LogP contribution in [-0.4, -0.2) is 73.7 Å². The van der Waals surface area contributed by atoms with E-state index in [1.807, 2.05) is 0 Å². The van der Waals surface area contributed by atoms with Gasteiger partial charge in [0.25, 0.3) is 0 Å². The highest BCUT2D eigenvalue weighted by molar-refractivity contribution is 5.11. The molecule has 0 radical (unpaired) electrons. The lowest BCUT2D eigenvalue weighted by molar-refractivity contribution is -0.429. The maximum atomic E-state index is 13.6. The Morgan fingerprint density at radius 1 is 0.567 bits per heavy atom. The zero-order valence-electron chi connectivity index (χ0n) is 15.5. The first-order valence-electron chi connectivity index (χ1n) is 8.40. The number of halogens is 12. The van der Waals surface area contributed by atoms with Crippen molar-refractivity contribution in [1.29, 1.82) is 0 Å². The lowest BCUT2D eigenvalue weighted by Gasteiger charge is -2.41. The lowest BCUT2D eigenvalue weighted by atomic mass is 9.91. The highest BCUT2D eigenvalue weighted by atomic mass is 19.4. The summed E-state index contributed by atoms with van der Waals surface area (Å²) in [7, 11) is 0. The van der Waals surface area contributed by atoms with E-state index in [1.165, 1.54) is 0 Å². The fourth-order valence-electron chi connectivity index (χ4n) is 1.95. The van der Waals surface area contributed by atoms with Crippen molar-refractivity contribution in [3.63, 3.8) is 0 Å². The van der Waals surface area contributed by atoms with Gasteiger partial charge in [0.15, 0.2) is 0 Å². The van der Waals surface area contributed by atoms with E-state index in [4.69, 9.17) is 5.11 Å². The van der Waals surface area contributed by atoms with Crippen molar-refractivity contribution >= 4 is 0 Å². The summed E-state index contributed by atoms with van der Waals surface area (Å²) >= 11 is 0. The minimum Gasteiger partial charge on any atom is -0.394 e. The molecule has 0 amide bonds. The van der Waals surface area contributed by atoms with Crippen LogP contribution in [0.4, 0.5) is 52.7 Å². The standard InChI is InChI=1S/C15H20F12O3/c1-2-3-4-6-29-8-10(16,17)12(20,21)14(24,25)15(26,27)13(22,23)11(18,19)9-30-7-5-28/h28H,2-9H2,1H3. The van der Waals surface area contributed by atoms with Crippen molar-refractivity contribution in [2.24, 2.45) is 0 Å². The molecule has 0 atom stereocenters. The maximum absolute atomic E-state index is 13.6. The Labute approximate surface area is 163 Å². The van der Waals surface area contributed by atoms with E-state index in [1.54, 1.807) is 6.92 Å². The summed E-state index contributed by atoms with van der Waals surface area (Å²) in [5, 5.41) is 8.25. The van der Waals surface area contributed by atoms with Crippen molar-refractivity contribution in [2.45, 2.75) is 61.7 Å². The van der Waals surface area contributed by atoms with Crippen LogP contribution in [0.3, 0.4) is 0 Å². The lowest BCUT2D eigenvalue weighted by Crippen LogP contribution is -2.71. The second kappa shape index (κ2) is 10.1. The van der Waals surface area contributed by atoms with Gasteiger partial charge >= 0.3 is 35.5 Å². The zero-order chi connectivity index (χ0) is 24.1. The molecule has 0 fully saturated rings. The second-order valence-corrected chi connectivity index (χ2v) is 6.24. The van der Waals surface area contributed by atoms with E-state index in [2.05, 4.69) is 9.47 Å². The minimum atomic E-state index is -7.64. The molecule has 1 N–H and O–H groups in total. The van der Waals surface area contributed by atoms with Crippen molar-refractivity contribution < 1.29 is 67.3 Å². The van der Waals surface area contributed by atoms with Gasteiger partial charge in [0, 0.05) is 6.61 Å². The van der Waals surface area contributed by atoms with Gasteiger partial charge in [0.1, 0.15) is 13.2 Å². The Bertz CT molecular complexity index is 525. The first-order valence-corrected chi connectivity index (χ1v) is 8.40. The molecule has 0 aliphatic carbocycles. The summed E-state index contributed by atoms with van der Waals surface area (Å²) < 4.78 is 170. The van der Waals surface area contributed by atoms with Gasteiger partial charge in [-0.25, -0.2) is 0 Å². The third-order valence-electron chi connectivity index (χ3n) is 3.80. The quantitative estimate of drug-likeness (QED) is 0.267. The third kappa shape index (κ3) is 5.44. The fourth-order valence-corrected chi connectivity index (χ4v) is 1.95. The Hall–Kier alpha value is -0.960. The topological polar surface area (TPSA) is 38.7 Å². The number of hydrogen-bond donors (Lipinski definition) is 1. The number of ether oxygens (including phenoxy) is 2. The van der Waals surface area contributed by atoms with Crippen molar-refractivity contribution in [1.82, 2.24) is 0 Å². The Balaban J connectivity index is 5.74. The van der Waals surface area contributed by atoms with Crippen molar-refractivity contribution in [3.05, 3.63) is 0 Å². The molecule has 0 aromatic heterocycles. The molecule has 0 spiro atoms. The highest BCUT2D eigenvalue weighted by Crippen LogP contribution is 2.60. The van der Waals surface area contributed by atoms with Gasteiger partial charge in [-0.1, -0.05) is 19.8 Å². The predicted octanol–water partition coefficient (Wildman–Crippen LogP) is 5.01.